The van der Waals surface area contributed by atoms with E-state index in [0.717, 1.165) is 30.2 Å². The Morgan fingerprint density at radius 3 is 3.08 bits per heavy atom. The first kappa shape index (κ1) is 16.8. The van der Waals surface area contributed by atoms with Crippen molar-refractivity contribution in [3.8, 4) is 0 Å². The first-order chi connectivity index (χ1) is 12.6. The fraction of sp³-hybridized carbons (Fsp3) is 0.474. The average Bonchev–Trinajstić information content (AvgIpc) is 3.05. The van der Waals surface area contributed by atoms with Gasteiger partial charge >= 0.3 is 5.97 Å². The van der Waals surface area contributed by atoms with Gasteiger partial charge in [-0.05, 0) is 39.2 Å². The number of carbonyl (C=O) groups excluding carboxylic acids is 1. The first-order valence-corrected chi connectivity index (χ1v) is 9.02. The quantitative estimate of drug-likeness (QED) is 0.671. The minimum Gasteiger partial charge on any atom is -0.466 e. The summed E-state index contributed by atoms with van der Waals surface area (Å²) in [5.74, 6) is 0.164. The van der Waals surface area contributed by atoms with E-state index < -0.39 is 0 Å². The minimum atomic E-state index is -0.174. The van der Waals surface area contributed by atoms with Crippen molar-refractivity contribution in [2.24, 2.45) is 5.92 Å². The summed E-state index contributed by atoms with van der Waals surface area (Å²) in [7, 11) is 0. The Balaban J connectivity index is 1.87. The lowest BCUT2D eigenvalue weighted by Gasteiger charge is -2.30. The Morgan fingerprint density at radius 1 is 1.42 bits per heavy atom. The van der Waals surface area contributed by atoms with Crippen LogP contribution in [0.1, 0.15) is 44.4 Å². The number of rotatable bonds is 3. The fourth-order valence-corrected chi connectivity index (χ4v) is 4.05. The molecule has 136 valence electrons. The van der Waals surface area contributed by atoms with E-state index in [1.54, 1.807) is 23.9 Å². The van der Waals surface area contributed by atoms with Crippen LogP contribution in [0.5, 0.6) is 0 Å². The molecule has 1 fully saturated rings. The van der Waals surface area contributed by atoms with Crippen LogP contribution < -0.4 is 5.56 Å². The summed E-state index contributed by atoms with van der Waals surface area (Å²) in [6, 6.07) is 1.78. The molecule has 7 nitrogen and oxygen atoms in total. The van der Waals surface area contributed by atoms with E-state index in [2.05, 4.69) is 10.1 Å². The molecule has 4 rings (SSSR count). The third-order valence-electron chi connectivity index (χ3n) is 5.24. The summed E-state index contributed by atoms with van der Waals surface area (Å²) in [6.07, 6.45) is 6.49. The van der Waals surface area contributed by atoms with Gasteiger partial charge in [0.15, 0.2) is 0 Å². The molecule has 0 aliphatic heterocycles. The maximum Gasteiger partial charge on any atom is 0.308 e. The van der Waals surface area contributed by atoms with Crippen LogP contribution >= 0.6 is 0 Å². The van der Waals surface area contributed by atoms with Gasteiger partial charge in [-0.3, -0.25) is 14.6 Å². The first-order valence-electron chi connectivity index (χ1n) is 9.02. The van der Waals surface area contributed by atoms with E-state index in [4.69, 9.17) is 9.26 Å². The van der Waals surface area contributed by atoms with E-state index in [9.17, 15) is 9.59 Å². The van der Waals surface area contributed by atoms with Crippen molar-refractivity contribution >= 4 is 27.8 Å². The molecule has 3 heterocycles. The number of hydrogen-bond acceptors (Lipinski definition) is 6. The van der Waals surface area contributed by atoms with Gasteiger partial charge in [-0.2, -0.15) is 0 Å². The standard InChI is InChI=1S/C19H21N3O4/c1-3-25-19(24)12-5-4-6-13(9-12)22-15-10-20-8-7-14(15)17-16(18(22)23)11(2)26-21-17/h7-8,10,12-13H,3-6,9H2,1-2H3. The van der Waals surface area contributed by atoms with Crippen LogP contribution in [0.15, 0.2) is 27.8 Å². The zero-order valence-electron chi connectivity index (χ0n) is 14.9. The maximum atomic E-state index is 13.2. The van der Waals surface area contributed by atoms with Crippen LogP contribution in [-0.2, 0) is 9.53 Å². The van der Waals surface area contributed by atoms with Crippen molar-refractivity contribution < 1.29 is 14.1 Å². The molecular weight excluding hydrogens is 334 g/mol. The normalized spacial score (nSPS) is 20.5. The minimum absolute atomic E-state index is 0.0731. The summed E-state index contributed by atoms with van der Waals surface area (Å²) < 4.78 is 12.3. The molecule has 0 spiro atoms. The largest absolute Gasteiger partial charge is 0.466 e. The van der Waals surface area contributed by atoms with Gasteiger partial charge in [0, 0.05) is 17.6 Å². The number of nitrogens with zero attached hydrogens (tertiary/aromatic N) is 3. The molecule has 0 radical (unpaired) electrons. The summed E-state index contributed by atoms with van der Waals surface area (Å²) in [6.45, 7) is 3.93. The molecule has 0 saturated heterocycles. The predicted molar refractivity (Wildman–Crippen MR) is 95.9 cm³/mol. The third kappa shape index (κ3) is 2.58. The average molecular weight is 355 g/mol. The molecule has 2 unspecified atom stereocenters. The van der Waals surface area contributed by atoms with Crippen LogP contribution in [0, 0.1) is 12.8 Å². The van der Waals surface area contributed by atoms with Crippen molar-refractivity contribution in [2.75, 3.05) is 6.61 Å². The molecule has 1 saturated carbocycles. The Labute approximate surface area is 149 Å². The predicted octanol–water partition coefficient (Wildman–Crippen LogP) is 3.14. The number of fused-ring (bicyclic) bond motifs is 3. The van der Waals surface area contributed by atoms with Crippen molar-refractivity contribution in [1.29, 1.82) is 0 Å². The third-order valence-corrected chi connectivity index (χ3v) is 5.24. The highest BCUT2D eigenvalue weighted by molar-refractivity contribution is 6.03. The van der Waals surface area contributed by atoms with Crippen molar-refractivity contribution in [2.45, 2.75) is 45.6 Å². The monoisotopic (exact) mass is 355 g/mol. The zero-order chi connectivity index (χ0) is 18.3. The second-order valence-corrected chi connectivity index (χ2v) is 6.80. The summed E-state index contributed by atoms with van der Waals surface area (Å²) in [4.78, 5) is 29.6. The summed E-state index contributed by atoms with van der Waals surface area (Å²) >= 11 is 0. The maximum absolute atomic E-state index is 13.2. The van der Waals surface area contributed by atoms with Gasteiger partial charge in [0.2, 0.25) is 0 Å². The van der Waals surface area contributed by atoms with Crippen LogP contribution in [0.3, 0.4) is 0 Å². The van der Waals surface area contributed by atoms with Crippen LogP contribution in [0.25, 0.3) is 21.8 Å². The summed E-state index contributed by atoms with van der Waals surface area (Å²) in [5.41, 5.74) is 1.17. The number of pyridine rings is 2. The van der Waals surface area contributed by atoms with Crippen LogP contribution in [-0.4, -0.2) is 27.3 Å². The number of aromatic nitrogens is 3. The SMILES string of the molecule is CCOC(=O)C1CCCC(n2c(=O)c3c(C)onc3c3ccncc32)C1. The molecule has 3 aromatic heterocycles. The van der Waals surface area contributed by atoms with Gasteiger partial charge in [-0.1, -0.05) is 11.6 Å². The topological polar surface area (TPSA) is 87.2 Å². The highest BCUT2D eigenvalue weighted by Gasteiger charge is 2.31. The number of ether oxygens (including phenoxy) is 1. The smallest absolute Gasteiger partial charge is 0.308 e. The highest BCUT2D eigenvalue weighted by Crippen LogP contribution is 2.35. The van der Waals surface area contributed by atoms with E-state index >= 15 is 0 Å². The molecule has 0 aromatic carbocycles. The molecule has 26 heavy (non-hydrogen) atoms. The number of hydrogen-bond donors (Lipinski definition) is 0. The number of esters is 1. The Hall–Kier alpha value is -2.70. The molecule has 0 N–H and O–H groups in total. The lowest BCUT2D eigenvalue weighted by atomic mass is 9.85. The van der Waals surface area contributed by atoms with Crippen molar-refractivity contribution in [3.63, 3.8) is 0 Å². The van der Waals surface area contributed by atoms with Crippen LogP contribution in [0.2, 0.25) is 0 Å². The second kappa shape index (κ2) is 6.55. The summed E-state index contributed by atoms with van der Waals surface area (Å²) in [5, 5.41) is 5.41. The van der Waals surface area contributed by atoms with Crippen LogP contribution in [0.4, 0.5) is 0 Å². The lowest BCUT2D eigenvalue weighted by molar-refractivity contribution is -0.149. The van der Waals surface area contributed by atoms with E-state index in [0.29, 0.717) is 29.7 Å². The van der Waals surface area contributed by atoms with Gasteiger partial charge in [-0.15, -0.1) is 0 Å². The second-order valence-electron chi connectivity index (χ2n) is 6.80. The van der Waals surface area contributed by atoms with Crippen molar-refractivity contribution in [1.82, 2.24) is 14.7 Å². The molecule has 0 amide bonds. The Morgan fingerprint density at radius 2 is 2.27 bits per heavy atom. The molecule has 1 aliphatic carbocycles. The lowest BCUT2D eigenvalue weighted by Crippen LogP contribution is -2.32. The fourth-order valence-electron chi connectivity index (χ4n) is 4.05. The van der Waals surface area contributed by atoms with Gasteiger partial charge in [0.1, 0.15) is 16.7 Å². The van der Waals surface area contributed by atoms with Gasteiger partial charge in [-0.25, -0.2) is 0 Å². The van der Waals surface area contributed by atoms with E-state index in [-0.39, 0.29) is 23.5 Å². The number of aryl methyl sites for hydroxylation is 1. The molecule has 0 bridgehead atoms. The number of carbonyl (C=O) groups is 1. The Kier molecular flexibility index (Phi) is 4.22. The molecule has 3 aromatic rings. The van der Waals surface area contributed by atoms with E-state index in [1.807, 2.05) is 13.0 Å². The highest BCUT2D eigenvalue weighted by atomic mass is 16.5. The Bertz CT molecular complexity index is 1040. The van der Waals surface area contributed by atoms with Crippen molar-refractivity contribution in [3.05, 3.63) is 34.6 Å². The zero-order valence-corrected chi connectivity index (χ0v) is 14.9. The van der Waals surface area contributed by atoms with Gasteiger partial charge < -0.3 is 13.8 Å². The molecular formula is C19H21N3O4. The van der Waals surface area contributed by atoms with E-state index in [1.165, 1.54) is 0 Å². The van der Waals surface area contributed by atoms with Gasteiger partial charge in [0.25, 0.3) is 5.56 Å². The van der Waals surface area contributed by atoms with Gasteiger partial charge in [0.05, 0.1) is 24.2 Å². The molecule has 1 aliphatic rings. The molecule has 2 atom stereocenters. The molecule has 7 heteroatoms.